The molecule has 4 heteroatoms. The number of imidazole rings is 1. The fraction of sp³-hybridized carbons (Fsp3) is 0.250. The largest absolute Gasteiger partial charge is 0.493 e. The van der Waals surface area contributed by atoms with Crippen molar-refractivity contribution in [3.8, 4) is 5.75 Å². The van der Waals surface area contributed by atoms with Gasteiger partial charge in [-0.2, -0.15) is 4.40 Å². The molecule has 28 heavy (non-hydrogen) atoms. The number of hydrogen-bond donors (Lipinski definition) is 0. The molecule has 5 rings (SSSR count). The van der Waals surface area contributed by atoms with Crippen LogP contribution >= 0.6 is 0 Å². The summed E-state index contributed by atoms with van der Waals surface area (Å²) in [6.07, 6.45) is 2.11. The van der Waals surface area contributed by atoms with Crippen molar-refractivity contribution in [3.05, 3.63) is 64.4 Å². The fourth-order valence-corrected chi connectivity index (χ4v) is 4.31. The number of pyridine rings is 1. The summed E-state index contributed by atoms with van der Waals surface area (Å²) in [4.78, 5) is 13.5. The van der Waals surface area contributed by atoms with Crippen molar-refractivity contribution >= 4 is 38.2 Å². The molecule has 2 heterocycles. The third-order valence-electron chi connectivity index (χ3n) is 5.78. The number of aryl methyl sites for hydroxylation is 2. The van der Waals surface area contributed by atoms with E-state index in [1.807, 2.05) is 41.8 Å². The summed E-state index contributed by atoms with van der Waals surface area (Å²) in [5.74, 6) is 0.808. The zero-order valence-electron chi connectivity index (χ0n) is 16.5. The first-order chi connectivity index (χ1) is 13.6. The average molecular weight is 371 g/mol. The third-order valence-corrected chi connectivity index (χ3v) is 5.78. The Morgan fingerprint density at radius 1 is 1.04 bits per heavy atom. The lowest BCUT2D eigenvalue weighted by molar-refractivity contribution is -0.617. The highest BCUT2D eigenvalue weighted by molar-refractivity contribution is 6.15. The molecule has 4 nitrogen and oxygen atoms in total. The molecule has 0 aliphatic rings. The van der Waals surface area contributed by atoms with E-state index in [-0.39, 0.29) is 5.56 Å². The number of nitrogens with zero attached hydrogens (tertiary/aromatic N) is 2. The molecule has 0 spiro atoms. The van der Waals surface area contributed by atoms with Gasteiger partial charge in [-0.15, -0.1) is 0 Å². The van der Waals surface area contributed by atoms with E-state index in [1.54, 1.807) is 0 Å². The monoisotopic (exact) mass is 371 g/mol. The van der Waals surface area contributed by atoms with Crippen LogP contribution in [0, 0.1) is 6.92 Å². The van der Waals surface area contributed by atoms with Gasteiger partial charge in [-0.3, -0.25) is 0 Å². The highest BCUT2D eigenvalue weighted by Gasteiger charge is 2.25. The van der Waals surface area contributed by atoms with Gasteiger partial charge in [0.1, 0.15) is 5.75 Å². The van der Waals surface area contributed by atoms with Gasteiger partial charge in [-0.05, 0) is 48.6 Å². The van der Waals surface area contributed by atoms with Gasteiger partial charge in [-0.1, -0.05) is 31.5 Å². The SMILES string of the molecule is CCCCOc1ccc2c(c1)n1c(=O)c3ccc(C)c4cccc(c43)c1[n+]2C. The maximum absolute atomic E-state index is 13.5. The molecule has 0 fully saturated rings. The number of benzene rings is 3. The highest BCUT2D eigenvalue weighted by atomic mass is 16.5. The van der Waals surface area contributed by atoms with Crippen molar-refractivity contribution in [1.29, 1.82) is 0 Å². The summed E-state index contributed by atoms with van der Waals surface area (Å²) in [6, 6.07) is 16.3. The number of unbranched alkanes of at least 4 members (excludes halogenated alkanes) is 1. The number of rotatable bonds is 4. The average Bonchev–Trinajstić information content (AvgIpc) is 3.00. The topological polar surface area (TPSA) is 34.6 Å². The Morgan fingerprint density at radius 2 is 1.86 bits per heavy atom. The summed E-state index contributed by atoms with van der Waals surface area (Å²) in [7, 11) is 2.03. The second-order valence-corrected chi connectivity index (χ2v) is 7.53. The maximum atomic E-state index is 13.5. The molecule has 0 atom stereocenters. The summed E-state index contributed by atoms with van der Waals surface area (Å²) in [5, 5.41) is 4.06. The second-order valence-electron chi connectivity index (χ2n) is 7.53. The first kappa shape index (κ1) is 17.0. The van der Waals surface area contributed by atoms with Crippen molar-refractivity contribution < 1.29 is 9.30 Å². The van der Waals surface area contributed by atoms with Crippen LogP contribution in [0.2, 0.25) is 0 Å². The van der Waals surface area contributed by atoms with E-state index in [9.17, 15) is 4.79 Å². The van der Waals surface area contributed by atoms with Gasteiger partial charge in [-0.25, -0.2) is 9.36 Å². The minimum absolute atomic E-state index is 0.0232. The zero-order chi connectivity index (χ0) is 19.4. The Bertz CT molecular complexity index is 1420. The molecule has 2 aromatic heterocycles. The van der Waals surface area contributed by atoms with Crippen molar-refractivity contribution in [3.63, 3.8) is 0 Å². The van der Waals surface area contributed by atoms with Gasteiger partial charge in [0.15, 0.2) is 11.0 Å². The molecule has 0 aliphatic carbocycles. The van der Waals surface area contributed by atoms with E-state index in [1.165, 1.54) is 5.56 Å². The fourth-order valence-electron chi connectivity index (χ4n) is 4.31. The summed E-state index contributed by atoms with van der Waals surface area (Å²) < 4.78 is 9.85. The van der Waals surface area contributed by atoms with Crippen LogP contribution in [0.25, 0.3) is 38.2 Å². The Kier molecular flexibility index (Phi) is 3.76. The van der Waals surface area contributed by atoms with Crippen LogP contribution in [-0.4, -0.2) is 11.0 Å². The van der Waals surface area contributed by atoms with E-state index in [2.05, 4.69) is 36.6 Å². The molecule has 0 N–H and O–H groups in total. The predicted molar refractivity (Wildman–Crippen MR) is 114 cm³/mol. The normalized spacial score (nSPS) is 12.0. The van der Waals surface area contributed by atoms with Crippen LogP contribution in [0.3, 0.4) is 0 Å². The van der Waals surface area contributed by atoms with Gasteiger partial charge in [0, 0.05) is 11.5 Å². The molecule has 5 aromatic rings. The van der Waals surface area contributed by atoms with E-state index in [4.69, 9.17) is 4.74 Å². The van der Waals surface area contributed by atoms with Crippen molar-refractivity contribution in [1.82, 2.24) is 4.40 Å². The van der Waals surface area contributed by atoms with Crippen LogP contribution < -0.4 is 14.9 Å². The highest BCUT2D eigenvalue weighted by Crippen LogP contribution is 2.31. The molecule has 0 unspecified atom stereocenters. The molecule has 0 saturated carbocycles. The van der Waals surface area contributed by atoms with E-state index in [0.29, 0.717) is 6.61 Å². The Hall–Kier alpha value is -3.14. The van der Waals surface area contributed by atoms with Gasteiger partial charge < -0.3 is 4.74 Å². The van der Waals surface area contributed by atoms with E-state index in [0.717, 1.165) is 56.8 Å². The Morgan fingerprint density at radius 3 is 2.68 bits per heavy atom. The third kappa shape index (κ3) is 2.24. The van der Waals surface area contributed by atoms with E-state index >= 15 is 0 Å². The van der Waals surface area contributed by atoms with Crippen molar-refractivity contribution in [2.75, 3.05) is 6.61 Å². The standard InChI is InChI=1S/C24H23N2O2/c1-4-5-13-28-16-10-12-20-21(14-16)26-23(25(20)3)18-8-6-7-17-15(2)9-11-19(22(17)18)24(26)27/h6-12,14H,4-5,13H2,1-3H3/q+1. The molecular weight excluding hydrogens is 348 g/mol. The Balaban J connectivity index is 1.93. The lowest BCUT2D eigenvalue weighted by Gasteiger charge is -2.06. The van der Waals surface area contributed by atoms with Gasteiger partial charge in [0.05, 0.1) is 24.4 Å². The minimum atomic E-state index is 0.0232. The van der Waals surface area contributed by atoms with Gasteiger partial charge in [0.2, 0.25) is 0 Å². The number of fused-ring (bicyclic) bond motifs is 4. The van der Waals surface area contributed by atoms with Crippen LogP contribution in [-0.2, 0) is 7.05 Å². The zero-order valence-corrected chi connectivity index (χ0v) is 16.5. The van der Waals surface area contributed by atoms with Gasteiger partial charge >= 0.3 is 5.56 Å². The second kappa shape index (κ2) is 6.20. The molecule has 0 aliphatic heterocycles. The summed E-state index contributed by atoms with van der Waals surface area (Å²) in [6.45, 7) is 4.93. The molecule has 0 amide bonds. The van der Waals surface area contributed by atoms with Crippen molar-refractivity contribution in [2.45, 2.75) is 26.7 Å². The maximum Gasteiger partial charge on any atom is 0.347 e. The first-order valence-corrected chi connectivity index (χ1v) is 9.86. The molecule has 3 aromatic carbocycles. The predicted octanol–water partition coefficient (Wildman–Crippen LogP) is 4.51. The molecular formula is C24H23N2O2+. The number of aromatic nitrogens is 2. The van der Waals surface area contributed by atoms with Crippen LogP contribution in [0.1, 0.15) is 25.3 Å². The van der Waals surface area contributed by atoms with E-state index < -0.39 is 0 Å². The van der Waals surface area contributed by atoms with Crippen LogP contribution in [0.4, 0.5) is 0 Å². The van der Waals surface area contributed by atoms with Crippen molar-refractivity contribution in [2.24, 2.45) is 7.05 Å². The summed E-state index contributed by atoms with van der Waals surface area (Å²) >= 11 is 0. The quantitative estimate of drug-likeness (QED) is 0.344. The Labute approximate surface area is 162 Å². The first-order valence-electron chi connectivity index (χ1n) is 9.86. The molecule has 0 radical (unpaired) electrons. The number of hydrogen-bond acceptors (Lipinski definition) is 2. The summed E-state index contributed by atoms with van der Waals surface area (Å²) in [5.41, 5.74) is 4.05. The van der Waals surface area contributed by atoms with Crippen LogP contribution in [0.15, 0.2) is 53.3 Å². The smallest absolute Gasteiger partial charge is 0.347 e. The molecule has 140 valence electrons. The lowest BCUT2D eigenvalue weighted by Crippen LogP contribution is -2.29. The number of ether oxygens (including phenoxy) is 1. The minimum Gasteiger partial charge on any atom is -0.493 e. The lowest BCUT2D eigenvalue weighted by atomic mass is 9.99. The molecule has 0 bridgehead atoms. The van der Waals surface area contributed by atoms with Gasteiger partial charge in [0.25, 0.3) is 5.65 Å². The van der Waals surface area contributed by atoms with Crippen LogP contribution in [0.5, 0.6) is 5.75 Å². The molecule has 0 saturated heterocycles.